The van der Waals surface area contributed by atoms with E-state index in [1.54, 1.807) is 0 Å². The van der Waals surface area contributed by atoms with E-state index in [-0.39, 0.29) is 0 Å². The molecule has 0 spiro atoms. The van der Waals surface area contributed by atoms with E-state index < -0.39 is 77.1 Å². The van der Waals surface area contributed by atoms with E-state index in [2.05, 4.69) is 0 Å². The Morgan fingerprint density at radius 3 is 0.808 bits per heavy atom. The Kier molecular flexibility index (Phi) is 2.37. The van der Waals surface area contributed by atoms with Crippen molar-refractivity contribution in [2.75, 3.05) is 0 Å². The van der Waals surface area contributed by atoms with Crippen molar-refractivity contribution in [3.8, 4) is 0 Å². The minimum absolute atomic E-state index is 2.14. The van der Waals surface area contributed by atoms with Crippen LogP contribution in [-0.2, 0) is 0 Å². The first kappa shape index (κ1) is 17.0. The van der Waals surface area contributed by atoms with E-state index in [1.807, 2.05) is 0 Å². The van der Waals surface area contributed by atoms with Crippen LogP contribution in [-0.4, -0.2) is 65.3 Å². The molecule has 6 aliphatic carbocycles. The van der Waals surface area contributed by atoms with Crippen molar-refractivity contribution in [1.29, 1.82) is 0 Å². The minimum atomic E-state index is -4.23. The summed E-state index contributed by atoms with van der Waals surface area (Å²) in [5.74, 6) is -5.70. The SMILES string of the molecule is FN(F)C12C3C4(N(F)F)C1C1(N(F)F)C2(N(F)F)C3(N(F)F)C41N(F)F. The summed E-state index contributed by atoms with van der Waals surface area (Å²) in [7, 11) is 0. The molecule has 6 saturated carbocycles. The lowest BCUT2D eigenvalue weighted by Crippen LogP contribution is -3.46. The van der Waals surface area contributed by atoms with Crippen molar-refractivity contribution in [2.45, 2.75) is 33.2 Å². The van der Waals surface area contributed by atoms with E-state index in [0.717, 1.165) is 0 Å². The molecule has 6 fully saturated rings. The molecule has 0 aromatic heterocycles. The Bertz CT molecular complexity index is 649. The van der Waals surface area contributed by atoms with Crippen molar-refractivity contribution < 1.29 is 53.8 Å². The van der Waals surface area contributed by atoms with Gasteiger partial charge in [-0.15, -0.1) is 53.8 Å². The number of hydrogen-bond donors (Lipinski definition) is 0. The molecule has 6 aliphatic rings. The zero-order valence-corrected chi connectivity index (χ0v) is 11.4. The van der Waals surface area contributed by atoms with E-state index in [9.17, 15) is 53.8 Å². The molecular weight excluding hydrogens is 408 g/mol. The lowest BCUT2D eigenvalue weighted by atomic mass is 8.86. The van der Waals surface area contributed by atoms with Gasteiger partial charge in [-0.3, -0.25) is 0 Å². The fourth-order valence-corrected chi connectivity index (χ4v) is 7.91. The quantitative estimate of drug-likeness (QED) is 0.491. The Morgan fingerprint density at radius 2 is 0.654 bits per heavy atom. The van der Waals surface area contributed by atoms with Crippen LogP contribution in [0.1, 0.15) is 0 Å². The molecule has 0 atom stereocenters. The van der Waals surface area contributed by atoms with Gasteiger partial charge in [0.05, 0.1) is 0 Å². The third-order valence-electron chi connectivity index (χ3n) is 7.56. The van der Waals surface area contributed by atoms with Gasteiger partial charge >= 0.3 is 0 Å². The first-order valence-electron chi connectivity index (χ1n) is 6.60. The van der Waals surface area contributed by atoms with Gasteiger partial charge in [0, 0.05) is 43.9 Å². The highest BCUT2D eigenvalue weighted by atomic mass is 19.4. The normalized spacial score (nSPS) is 60.2. The van der Waals surface area contributed by atoms with Gasteiger partial charge < -0.3 is 0 Å². The third-order valence-corrected chi connectivity index (χ3v) is 7.56. The van der Waals surface area contributed by atoms with Crippen LogP contribution in [0.2, 0.25) is 0 Å². The van der Waals surface area contributed by atoms with Crippen molar-refractivity contribution in [3.63, 3.8) is 0 Å². The predicted octanol–water partition coefficient (Wildman–Crippen LogP) is 2.15. The first-order chi connectivity index (χ1) is 11.9. The first-order valence-corrected chi connectivity index (χ1v) is 6.60. The van der Waals surface area contributed by atoms with E-state index in [1.165, 1.54) is 0 Å². The summed E-state index contributed by atoms with van der Waals surface area (Å²) in [5, 5.41) is -13.8. The fraction of sp³-hybridized carbons (Fsp3) is 1.00. The minimum Gasteiger partial charge on any atom is -0.101 e. The topological polar surface area (TPSA) is 19.4 Å². The molecule has 0 radical (unpaired) electrons. The molecule has 6 rings (SSSR count). The molecule has 0 aromatic carbocycles. The summed E-state index contributed by atoms with van der Waals surface area (Å²) < 4.78 is 161. The zero-order valence-electron chi connectivity index (χ0n) is 11.4. The average Bonchev–Trinajstić information content (AvgIpc) is 2.50. The monoisotopic (exact) mass is 410 g/mol. The third kappa shape index (κ3) is 0.706. The van der Waals surface area contributed by atoms with Gasteiger partial charge in [0.15, 0.2) is 11.1 Å². The highest BCUT2D eigenvalue weighted by Crippen LogP contribution is 3.14. The van der Waals surface area contributed by atoms with Crippen molar-refractivity contribution in [1.82, 2.24) is 32.1 Å². The maximum absolute atomic E-state index is 13.5. The van der Waals surface area contributed by atoms with E-state index in [4.69, 9.17) is 0 Å². The Morgan fingerprint density at radius 1 is 0.385 bits per heavy atom. The zero-order chi connectivity index (χ0) is 19.6. The molecule has 148 valence electrons. The number of halogens is 12. The van der Waals surface area contributed by atoms with Crippen LogP contribution >= 0.6 is 0 Å². The van der Waals surface area contributed by atoms with Gasteiger partial charge in [-0.1, -0.05) is 0 Å². The van der Waals surface area contributed by atoms with Crippen molar-refractivity contribution >= 4 is 0 Å². The van der Waals surface area contributed by atoms with Gasteiger partial charge in [0.2, 0.25) is 0 Å². The Labute approximate surface area is 132 Å². The summed E-state index contributed by atoms with van der Waals surface area (Å²) in [6.07, 6.45) is 0. The standard InChI is InChI=1S/C8H2F12N6/c9-21(10)3-1-4(22(11)12)2(3)6(24(15)16)7(3,25(17)18)5(1,23(13)14)8(4,6)26(19)20/h1-2H. The van der Waals surface area contributed by atoms with Crippen LogP contribution in [0, 0.1) is 11.8 Å². The lowest BCUT2D eigenvalue weighted by Gasteiger charge is -3.18. The maximum atomic E-state index is 13.5. The maximum Gasteiger partial charge on any atom is 0.161 e. The fourth-order valence-electron chi connectivity index (χ4n) is 7.91. The second kappa shape index (κ2) is 3.62. The summed E-state index contributed by atoms with van der Waals surface area (Å²) in [6.45, 7) is 0. The Hall–Kier alpha value is -1.08. The van der Waals surface area contributed by atoms with E-state index >= 15 is 0 Å². The highest BCUT2D eigenvalue weighted by molar-refractivity contribution is 5.89. The smallest absolute Gasteiger partial charge is 0.101 e. The molecule has 0 N–H and O–H groups in total. The highest BCUT2D eigenvalue weighted by Gasteiger charge is 3.41. The molecule has 0 bridgehead atoms. The molecule has 6 nitrogen and oxygen atoms in total. The average molecular weight is 410 g/mol. The molecule has 0 heterocycles. The summed E-state index contributed by atoms with van der Waals surface area (Å²) in [5.41, 5.74) is -23.8. The summed E-state index contributed by atoms with van der Waals surface area (Å²) >= 11 is 0. The molecule has 0 aliphatic heterocycles. The number of hydrogen-bond acceptors (Lipinski definition) is 6. The van der Waals surface area contributed by atoms with Crippen LogP contribution in [0.4, 0.5) is 53.8 Å². The van der Waals surface area contributed by atoms with Crippen LogP contribution < -0.4 is 0 Å². The van der Waals surface area contributed by atoms with Crippen LogP contribution in [0.15, 0.2) is 0 Å². The molecular formula is C8H2F12N6. The van der Waals surface area contributed by atoms with E-state index in [0.29, 0.717) is 0 Å². The predicted molar refractivity (Wildman–Crippen MR) is 47.7 cm³/mol. The molecule has 0 amide bonds. The second-order valence-electron chi connectivity index (χ2n) is 6.87. The van der Waals surface area contributed by atoms with Gasteiger partial charge in [0.25, 0.3) is 0 Å². The second-order valence-corrected chi connectivity index (χ2v) is 6.87. The molecule has 26 heavy (non-hydrogen) atoms. The summed E-state index contributed by atoms with van der Waals surface area (Å²) in [4.78, 5) is 0. The summed E-state index contributed by atoms with van der Waals surface area (Å²) in [6, 6.07) is 0. The van der Waals surface area contributed by atoms with Crippen LogP contribution in [0.5, 0.6) is 0 Å². The number of nitrogens with zero attached hydrogens (tertiary/aromatic N) is 6. The van der Waals surface area contributed by atoms with Crippen molar-refractivity contribution in [2.24, 2.45) is 11.8 Å². The molecule has 0 saturated heterocycles. The molecule has 18 heteroatoms. The van der Waals surface area contributed by atoms with Crippen LogP contribution in [0.3, 0.4) is 0 Å². The number of rotatable bonds is 6. The van der Waals surface area contributed by atoms with Crippen LogP contribution in [0.25, 0.3) is 0 Å². The van der Waals surface area contributed by atoms with Crippen molar-refractivity contribution in [3.05, 3.63) is 0 Å². The van der Waals surface area contributed by atoms with Gasteiger partial charge in [-0.2, -0.15) is 0 Å². The van der Waals surface area contributed by atoms with Gasteiger partial charge in [-0.05, 0) is 0 Å². The molecule has 0 aromatic rings. The van der Waals surface area contributed by atoms with Gasteiger partial charge in [-0.25, -0.2) is 0 Å². The van der Waals surface area contributed by atoms with Gasteiger partial charge in [0.1, 0.15) is 22.2 Å². The molecule has 0 unspecified atom stereocenters. The Balaban J connectivity index is 1.86. The largest absolute Gasteiger partial charge is 0.161 e. The lowest BCUT2D eigenvalue weighted by molar-refractivity contribution is -0.812.